The lowest BCUT2D eigenvalue weighted by atomic mass is 9.79. The monoisotopic (exact) mass is 311 g/mol. The molecule has 0 radical (unpaired) electrons. The van der Waals surface area contributed by atoms with Crippen LogP contribution in [-0.2, 0) is 9.31 Å². The molecule has 2 heterocycles. The second-order valence-corrected chi connectivity index (χ2v) is 7.05. The summed E-state index contributed by atoms with van der Waals surface area (Å²) in [6.45, 7) is 8.22. The predicted molar refractivity (Wildman–Crippen MR) is 90.3 cm³/mol. The fraction of sp³-hybridized carbons (Fsp3) is 0.353. The number of thiazole rings is 1. The molecule has 1 fully saturated rings. The number of hydrogen-bond donors (Lipinski definition) is 0. The summed E-state index contributed by atoms with van der Waals surface area (Å²) in [5.41, 5.74) is 3.92. The highest BCUT2D eigenvalue weighted by molar-refractivity contribution is 7.07. The Morgan fingerprint density at radius 1 is 1.00 bits per heavy atom. The molecule has 22 heavy (non-hydrogen) atoms. The van der Waals surface area contributed by atoms with Crippen molar-refractivity contribution in [2.75, 3.05) is 0 Å². The average Bonchev–Trinajstić information content (AvgIpc) is 3.04. The predicted octanol–water partition coefficient (Wildman–Crippen LogP) is 2.84. The Morgan fingerprint density at radius 3 is 2.18 bits per heavy atom. The molecule has 0 unspecified atom stereocenters. The van der Waals surface area contributed by atoms with Crippen LogP contribution in [0.3, 0.4) is 0 Å². The molecule has 5 heteroatoms. The molecular weight excluding hydrogens is 293 g/mol. The highest BCUT2D eigenvalue weighted by Crippen LogP contribution is 2.36. The summed E-state index contributed by atoms with van der Waals surface area (Å²) in [5.74, 6) is 6.15. The van der Waals surface area contributed by atoms with E-state index >= 15 is 0 Å². The smallest absolute Gasteiger partial charge is 0.399 e. The van der Waals surface area contributed by atoms with Crippen LogP contribution in [0, 0.1) is 11.8 Å². The van der Waals surface area contributed by atoms with Crippen molar-refractivity contribution in [2.45, 2.75) is 38.9 Å². The van der Waals surface area contributed by atoms with Crippen molar-refractivity contribution in [2.24, 2.45) is 0 Å². The highest BCUT2D eigenvalue weighted by atomic mass is 32.1. The zero-order valence-electron chi connectivity index (χ0n) is 13.2. The van der Waals surface area contributed by atoms with E-state index in [1.54, 1.807) is 16.8 Å². The third-order valence-corrected chi connectivity index (χ3v) is 4.79. The van der Waals surface area contributed by atoms with E-state index in [4.69, 9.17) is 9.31 Å². The van der Waals surface area contributed by atoms with Gasteiger partial charge in [-0.25, -0.2) is 4.98 Å². The van der Waals surface area contributed by atoms with Gasteiger partial charge in [0.15, 0.2) is 0 Å². The van der Waals surface area contributed by atoms with Crippen LogP contribution in [0.4, 0.5) is 0 Å². The number of aromatic nitrogens is 1. The van der Waals surface area contributed by atoms with Gasteiger partial charge in [0.2, 0.25) is 0 Å². The molecular formula is C17H18BNO2S. The summed E-state index contributed by atoms with van der Waals surface area (Å²) in [5, 5.41) is 1.94. The molecule has 0 N–H and O–H groups in total. The van der Waals surface area contributed by atoms with E-state index in [0.717, 1.165) is 16.7 Å². The SMILES string of the molecule is CC1(C)OB(c2ccc(C#Cc3cscn3)cc2)OC1(C)C. The second kappa shape index (κ2) is 5.55. The van der Waals surface area contributed by atoms with Crippen LogP contribution in [0.15, 0.2) is 35.2 Å². The second-order valence-electron chi connectivity index (χ2n) is 6.33. The maximum absolute atomic E-state index is 6.04. The van der Waals surface area contributed by atoms with Gasteiger partial charge in [-0.2, -0.15) is 0 Å². The van der Waals surface area contributed by atoms with E-state index in [0.29, 0.717) is 0 Å². The quantitative estimate of drug-likeness (QED) is 0.599. The van der Waals surface area contributed by atoms with Crippen molar-refractivity contribution in [3.8, 4) is 11.8 Å². The van der Waals surface area contributed by atoms with Gasteiger partial charge in [-0.15, -0.1) is 11.3 Å². The lowest BCUT2D eigenvalue weighted by molar-refractivity contribution is 0.00578. The van der Waals surface area contributed by atoms with E-state index in [9.17, 15) is 0 Å². The van der Waals surface area contributed by atoms with Crippen molar-refractivity contribution in [1.29, 1.82) is 0 Å². The Bertz CT molecular complexity index is 695. The molecule has 0 spiro atoms. The third kappa shape index (κ3) is 2.96. The first kappa shape index (κ1) is 15.3. The Kier molecular flexibility index (Phi) is 3.86. The Hall–Kier alpha value is -1.61. The number of benzene rings is 1. The highest BCUT2D eigenvalue weighted by Gasteiger charge is 2.51. The lowest BCUT2D eigenvalue weighted by Gasteiger charge is -2.32. The Morgan fingerprint density at radius 2 is 1.64 bits per heavy atom. The van der Waals surface area contributed by atoms with Crippen molar-refractivity contribution in [3.63, 3.8) is 0 Å². The summed E-state index contributed by atoms with van der Waals surface area (Å²) in [6.07, 6.45) is 0. The van der Waals surface area contributed by atoms with Gasteiger partial charge >= 0.3 is 7.12 Å². The lowest BCUT2D eigenvalue weighted by Crippen LogP contribution is -2.41. The number of rotatable bonds is 1. The maximum atomic E-state index is 6.04. The number of nitrogens with zero attached hydrogens (tertiary/aromatic N) is 1. The van der Waals surface area contributed by atoms with Crippen LogP contribution in [0.5, 0.6) is 0 Å². The van der Waals surface area contributed by atoms with Crippen molar-refractivity contribution >= 4 is 23.9 Å². The van der Waals surface area contributed by atoms with E-state index in [1.165, 1.54) is 0 Å². The first-order chi connectivity index (χ1) is 10.4. The normalized spacial score (nSPS) is 18.8. The molecule has 1 saturated heterocycles. The van der Waals surface area contributed by atoms with Gasteiger partial charge in [-0.3, -0.25) is 0 Å². The van der Waals surface area contributed by atoms with Gasteiger partial charge in [0.05, 0.1) is 16.7 Å². The minimum Gasteiger partial charge on any atom is -0.399 e. The van der Waals surface area contributed by atoms with E-state index in [-0.39, 0.29) is 18.3 Å². The molecule has 1 aliphatic rings. The first-order valence-corrected chi connectivity index (χ1v) is 8.17. The van der Waals surface area contributed by atoms with Crippen LogP contribution >= 0.6 is 11.3 Å². The fourth-order valence-corrected chi connectivity index (χ4v) is 2.60. The maximum Gasteiger partial charge on any atom is 0.494 e. The molecule has 0 saturated carbocycles. The number of hydrogen-bond acceptors (Lipinski definition) is 4. The summed E-state index contributed by atoms with van der Waals surface area (Å²) in [6, 6.07) is 7.99. The van der Waals surface area contributed by atoms with Crippen molar-refractivity contribution < 1.29 is 9.31 Å². The zero-order chi connectivity index (χ0) is 15.8. The minimum atomic E-state index is -0.328. The van der Waals surface area contributed by atoms with Crippen LogP contribution in [0.25, 0.3) is 0 Å². The summed E-state index contributed by atoms with van der Waals surface area (Å²) in [4.78, 5) is 4.15. The first-order valence-electron chi connectivity index (χ1n) is 7.23. The van der Waals surface area contributed by atoms with Crippen LogP contribution in [-0.4, -0.2) is 23.3 Å². The summed E-state index contributed by atoms with van der Waals surface area (Å²) < 4.78 is 12.1. The topological polar surface area (TPSA) is 31.4 Å². The van der Waals surface area contributed by atoms with Crippen molar-refractivity contribution in [3.05, 3.63) is 46.4 Å². The summed E-state index contributed by atoms with van der Waals surface area (Å²) in [7, 11) is -0.328. The largest absolute Gasteiger partial charge is 0.494 e. The third-order valence-electron chi connectivity index (χ3n) is 4.20. The molecule has 1 aromatic heterocycles. The molecule has 112 valence electrons. The molecule has 0 bridgehead atoms. The van der Waals surface area contributed by atoms with Gasteiger partial charge in [-0.1, -0.05) is 18.1 Å². The standard InChI is InChI=1S/C17H18BNO2S/c1-16(2)17(3,4)21-18(20-16)14-8-5-13(6-9-14)7-10-15-11-22-12-19-15/h5-6,8-9,11-12H,1-4H3. The van der Waals surface area contributed by atoms with Gasteiger partial charge in [0, 0.05) is 10.9 Å². The molecule has 1 aromatic carbocycles. The van der Waals surface area contributed by atoms with Crippen molar-refractivity contribution in [1.82, 2.24) is 4.98 Å². The molecule has 3 nitrogen and oxygen atoms in total. The molecule has 0 aliphatic carbocycles. The van der Waals surface area contributed by atoms with E-state index < -0.39 is 0 Å². The van der Waals surface area contributed by atoms with E-state index in [1.807, 2.05) is 29.6 Å². The zero-order valence-corrected chi connectivity index (χ0v) is 14.0. The Balaban J connectivity index is 1.75. The van der Waals surface area contributed by atoms with Crippen LogP contribution in [0.1, 0.15) is 39.0 Å². The van der Waals surface area contributed by atoms with Gasteiger partial charge in [-0.05, 0) is 51.2 Å². The minimum absolute atomic E-state index is 0.319. The molecule has 0 atom stereocenters. The molecule has 0 amide bonds. The summed E-state index contributed by atoms with van der Waals surface area (Å²) >= 11 is 1.55. The molecule has 1 aliphatic heterocycles. The van der Waals surface area contributed by atoms with Gasteiger partial charge < -0.3 is 9.31 Å². The van der Waals surface area contributed by atoms with Crippen LogP contribution in [0.2, 0.25) is 0 Å². The molecule has 2 aromatic rings. The van der Waals surface area contributed by atoms with Gasteiger partial charge in [0.1, 0.15) is 5.69 Å². The van der Waals surface area contributed by atoms with E-state index in [2.05, 4.69) is 44.5 Å². The molecule has 3 rings (SSSR count). The van der Waals surface area contributed by atoms with Gasteiger partial charge in [0.25, 0.3) is 0 Å². The average molecular weight is 311 g/mol. The van der Waals surface area contributed by atoms with Crippen LogP contribution < -0.4 is 5.46 Å². The fourth-order valence-electron chi connectivity index (χ4n) is 2.11. The Labute approximate surface area is 135 Å².